The number of nitrogens with zero attached hydrogens (tertiary/aromatic N) is 1. The van der Waals surface area contributed by atoms with E-state index in [1.165, 1.54) is 276 Å². The fourth-order valence-corrected chi connectivity index (χ4v) is 12.5. The van der Waals surface area contributed by atoms with Crippen LogP contribution in [0.15, 0.2) is 85.1 Å². The van der Waals surface area contributed by atoms with Crippen molar-refractivity contribution in [2.24, 2.45) is 0 Å². The molecule has 0 bridgehead atoms. The number of phosphoric acid groups is 1. The Morgan fingerprint density at radius 3 is 0.904 bits per heavy atom. The molecule has 0 saturated carbocycles. The number of esters is 2. The summed E-state index contributed by atoms with van der Waals surface area (Å²) < 4.78 is 34.4. The van der Waals surface area contributed by atoms with Gasteiger partial charge in [-0.3, -0.25) is 14.2 Å². The van der Waals surface area contributed by atoms with Gasteiger partial charge in [0.25, 0.3) is 7.82 Å². The quantitative estimate of drug-likeness (QED) is 0.0195. The van der Waals surface area contributed by atoms with Crippen LogP contribution in [-0.2, 0) is 32.7 Å². The van der Waals surface area contributed by atoms with Gasteiger partial charge >= 0.3 is 11.9 Å². The Labute approximate surface area is 583 Å². The number of phosphoric ester groups is 1. The monoisotopic (exact) mass is 1340 g/mol. The van der Waals surface area contributed by atoms with Gasteiger partial charge in [-0.1, -0.05) is 369 Å². The first-order valence-corrected chi connectivity index (χ1v) is 41.8. The number of unbranched alkanes of at least 4 members (excludes halogenated alkanes) is 47. The molecule has 0 saturated heterocycles. The van der Waals surface area contributed by atoms with Gasteiger partial charge in [0.1, 0.15) is 19.8 Å². The summed E-state index contributed by atoms with van der Waals surface area (Å²) in [7, 11) is 1.18. The lowest BCUT2D eigenvalue weighted by atomic mass is 10.0. The average Bonchev–Trinajstić information content (AvgIpc) is 1.56. The number of allylic oxidation sites excluding steroid dienone is 14. The van der Waals surface area contributed by atoms with Crippen LogP contribution in [0.2, 0.25) is 0 Å². The number of rotatable bonds is 75. The van der Waals surface area contributed by atoms with Crippen molar-refractivity contribution in [3.63, 3.8) is 0 Å². The van der Waals surface area contributed by atoms with Gasteiger partial charge in [0, 0.05) is 12.8 Å². The summed E-state index contributed by atoms with van der Waals surface area (Å²) in [6.07, 6.45) is 103. The van der Waals surface area contributed by atoms with Crippen LogP contribution >= 0.6 is 7.82 Å². The lowest BCUT2D eigenvalue weighted by Gasteiger charge is -2.28. The Bertz CT molecular complexity index is 1860. The lowest BCUT2D eigenvalue weighted by molar-refractivity contribution is -0.870. The Morgan fingerprint density at radius 2 is 0.606 bits per heavy atom. The second kappa shape index (κ2) is 74.4. The number of hydrogen-bond donors (Lipinski definition) is 0. The van der Waals surface area contributed by atoms with Gasteiger partial charge in [-0.25, -0.2) is 0 Å². The molecule has 0 heterocycles. The zero-order valence-electron chi connectivity index (χ0n) is 62.7. The Balaban J connectivity index is 3.92. The first kappa shape index (κ1) is 91.2. The normalized spacial score (nSPS) is 13.5. The summed E-state index contributed by atoms with van der Waals surface area (Å²) in [5.74, 6) is -0.815. The Morgan fingerprint density at radius 1 is 0.340 bits per heavy atom. The topological polar surface area (TPSA) is 111 Å². The van der Waals surface area contributed by atoms with Crippen LogP contribution in [0.1, 0.15) is 386 Å². The average molecular weight is 1340 g/mol. The molecule has 0 fully saturated rings. The summed E-state index contributed by atoms with van der Waals surface area (Å²) in [6, 6.07) is 0. The third-order valence-corrected chi connectivity index (χ3v) is 18.9. The number of ether oxygens (including phenoxy) is 2. The number of likely N-dealkylation sites (N-methyl/N-ethyl adjacent to an activating group) is 1. The molecular formula is C84H154NO8P. The van der Waals surface area contributed by atoms with Crippen molar-refractivity contribution in [1.82, 2.24) is 0 Å². The van der Waals surface area contributed by atoms with Crippen LogP contribution in [0.3, 0.4) is 0 Å². The lowest BCUT2D eigenvalue weighted by Crippen LogP contribution is -2.37. The number of hydrogen-bond acceptors (Lipinski definition) is 8. The molecular weight excluding hydrogens is 1180 g/mol. The maximum Gasteiger partial charge on any atom is 0.306 e. The van der Waals surface area contributed by atoms with E-state index < -0.39 is 26.5 Å². The summed E-state index contributed by atoms with van der Waals surface area (Å²) in [4.78, 5) is 38.2. The van der Waals surface area contributed by atoms with E-state index in [0.717, 1.165) is 77.0 Å². The Kier molecular flexibility index (Phi) is 72.2. The minimum Gasteiger partial charge on any atom is -0.756 e. The summed E-state index contributed by atoms with van der Waals surface area (Å²) in [5, 5.41) is 0. The standard InChI is InChI=1S/C84H154NO8P/c1-6-8-10-12-14-16-18-20-22-24-26-28-30-32-34-36-38-40-41-42-43-45-46-48-50-52-54-56-58-60-62-64-66-68-70-72-74-76-83(86)90-80-82(81-92-94(88,89)91-79-78-85(3,4)5)93-84(87)77-75-73-71-69-67-65-63-61-59-57-55-53-51-49-47-44-39-37-35-33-31-29-27-25-23-21-19-17-15-13-11-9-7-2/h9,11,15,17-18,20-21,23-24,26-27,29,33,35,82H,6-8,10,12-14,16,19,22,25,28,30-32,34,36-81H2,1-5H3/b11-9-,17-15-,20-18-,23-21-,26-24-,29-27-,35-33-. The van der Waals surface area contributed by atoms with Crippen molar-refractivity contribution >= 4 is 19.8 Å². The molecule has 9 nitrogen and oxygen atoms in total. The van der Waals surface area contributed by atoms with Gasteiger partial charge in [-0.05, 0) is 89.9 Å². The number of carbonyl (C=O) groups excluding carboxylic acids is 2. The van der Waals surface area contributed by atoms with Crippen molar-refractivity contribution in [1.29, 1.82) is 0 Å². The molecule has 0 aliphatic rings. The third kappa shape index (κ3) is 78.2. The van der Waals surface area contributed by atoms with E-state index in [-0.39, 0.29) is 32.0 Å². The third-order valence-electron chi connectivity index (χ3n) is 17.9. The van der Waals surface area contributed by atoms with Crippen molar-refractivity contribution in [2.75, 3.05) is 47.5 Å². The van der Waals surface area contributed by atoms with Crippen LogP contribution in [0.4, 0.5) is 0 Å². The minimum atomic E-state index is -4.65. The molecule has 94 heavy (non-hydrogen) atoms. The van der Waals surface area contributed by atoms with E-state index in [4.69, 9.17) is 18.5 Å². The second-order valence-electron chi connectivity index (χ2n) is 28.4. The molecule has 0 rings (SSSR count). The molecule has 0 amide bonds. The molecule has 0 aliphatic heterocycles. The maximum atomic E-state index is 12.9. The molecule has 0 aromatic carbocycles. The van der Waals surface area contributed by atoms with E-state index in [9.17, 15) is 19.0 Å². The molecule has 2 unspecified atom stereocenters. The highest BCUT2D eigenvalue weighted by atomic mass is 31.2. The van der Waals surface area contributed by atoms with Gasteiger partial charge in [0.2, 0.25) is 0 Å². The predicted molar refractivity (Wildman–Crippen MR) is 406 cm³/mol. The first-order valence-electron chi connectivity index (χ1n) is 40.3. The van der Waals surface area contributed by atoms with Crippen molar-refractivity contribution in [3.8, 4) is 0 Å². The van der Waals surface area contributed by atoms with E-state index in [2.05, 4.69) is 98.9 Å². The molecule has 2 atom stereocenters. The SMILES string of the molecule is CC/C=C\C/C=C\C/C=C\C/C=C\C/C=C\CCCCCCCCCCCCCCCCCCCC(=O)OC(COC(=O)CCCCCCCCCCCCCCCCCCCCCCCCCCC/C=C\C/C=C\CCCCCCC)COP(=O)([O-])OCC[N+](C)(C)C. The van der Waals surface area contributed by atoms with Crippen LogP contribution in [0, 0.1) is 0 Å². The first-order chi connectivity index (χ1) is 46.0. The maximum absolute atomic E-state index is 12.9. The van der Waals surface area contributed by atoms with Gasteiger partial charge in [0.15, 0.2) is 6.10 Å². The van der Waals surface area contributed by atoms with E-state index in [1.54, 1.807) is 0 Å². The minimum absolute atomic E-state index is 0.0303. The molecule has 10 heteroatoms. The largest absolute Gasteiger partial charge is 0.756 e. The van der Waals surface area contributed by atoms with Gasteiger partial charge in [0.05, 0.1) is 27.7 Å². The zero-order chi connectivity index (χ0) is 68.3. The summed E-state index contributed by atoms with van der Waals surface area (Å²) >= 11 is 0. The van der Waals surface area contributed by atoms with Gasteiger partial charge in [-0.2, -0.15) is 0 Å². The zero-order valence-corrected chi connectivity index (χ0v) is 63.6. The second-order valence-corrected chi connectivity index (χ2v) is 29.8. The molecule has 0 spiro atoms. The van der Waals surface area contributed by atoms with Crippen LogP contribution in [0.25, 0.3) is 0 Å². The smallest absolute Gasteiger partial charge is 0.306 e. The van der Waals surface area contributed by atoms with Crippen LogP contribution in [-0.4, -0.2) is 70.0 Å². The van der Waals surface area contributed by atoms with Crippen molar-refractivity contribution < 1.29 is 42.1 Å². The predicted octanol–water partition coefficient (Wildman–Crippen LogP) is 26.2. The highest BCUT2D eigenvalue weighted by Gasteiger charge is 2.22. The number of quaternary nitrogens is 1. The molecule has 548 valence electrons. The fraction of sp³-hybridized carbons (Fsp3) is 0.810. The van der Waals surface area contributed by atoms with Crippen LogP contribution in [0.5, 0.6) is 0 Å². The fourth-order valence-electron chi connectivity index (χ4n) is 11.8. The summed E-state index contributed by atoms with van der Waals surface area (Å²) in [5.41, 5.74) is 0. The molecule has 0 radical (unpaired) electrons. The van der Waals surface area contributed by atoms with Crippen molar-refractivity contribution in [3.05, 3.63) is 85.1 Å². The number of carbonyl (C=O) groups is 2. The van der Waals surface area contributed by atoms with Gasteiger partial charge < -0.3 is 27.9 Å². The highest BCUT2D eigenvalue weighted by Crippen LogP contribution is 2.38. The molecule has 0 aromatic heterocycles. The summed E-state index contributed by atoms with van der Waals surface area (Å²) in [6.45, 7) is 4.17. The molecule has 0 aliphatic carbocycles. The van der Waals surface area contributed by atoms with Gasteiger partial charge in [-0.15, -0.1) is 0 Å². The van der Waals surface area contributed by atoms with Crippen LogP contribution < -0.4 is 4.89 Å². The Hall–Kier alpha value is -2.81. The van der Waals surface area contributed by atoms with Crippen molar-refractivity contribution in [2.45, 2.75) is 392 Å². The van der Waals surface area contributed by atoms with E-state index in [0.29, 0.717) is 17.4 Å². The van der Waals surface area contributed by atoms with E-state index in [1.807, 2.05) is 21.1 Å². The molecule has 0 aromatic rings. The van der Waals surface area contributed by atoms with E-state index >= 15 is 0 Å². The molecule has 0 N–H and O–H groups in total. The highest BCUT2D eigenvalue weighted by molar-refractivity contribution is 7.45.